The summed E-state index contributed by atoms with van der Waals surface area (Å²) in [7, 11) is 0. The summed E-state index contributed by atoms with van der Waals surface area (Å²) in [6.45, 7) is 3.42. The van der Waals surface area contributed by atoms with E-state index in [1.807, 2.05) is 0 Å². The number of carboxylic acids is 1. The van der Waals surface area contributed by atoms with Gasteiger partial charge in [-0.05, 0) is 38.5 Å². The number of esters is 1. The van der Waals surface area contributed by atoms with E-state index in [9.17, 15) is 19.2 Å². The molecule has 0 aromatic rings. The zero-order chi connectivity index (χ0) is 39.0. The number of carbonyl (C=O) groups excluding carboxylic acids is 3. The molecule has 53 heavy (non-hydrogen) atoms. The number of aliphatic hydroxyl groups excluding tert-OH is 1. The third-order valence-electron chi connectivity index (χ3n) is 10.4. The van der Waals surface area contributed by atoms with Gasteiger partial charge in [-0.25, -0.2) is 4.79 Å². The van der Waals surface area contributed by atoms with Crippen molar-refractivity contribution in [1.82, 2.24) is 10.6 Å². The monoisotopic (exact) mass is 753 g/mol. The van der Waals surface area contributed by atoms with Gasteiger partial charge in [-0.3, -0.25) is 14.4 Å². The van der Waals surface area contributed by atoms with Gasteiger partial charge in [0, 0.05) is 12.8 Å². The minimum atomic E-state index is -1.39. The number of carbonyl (C=O) groups is 4. The molecule has 0 aromatic carbocycles. The molecule has 0 saturated heterocycles. The van der Waals surface area contributed by atoms with Crippen LogP contribution in [0.5, 0.6) is 0 Å². The summed E-state index contributed by atoms with van der Waals surface area (Å²) in [4.78, 5) is 47.4. The van der Waals surface area contributed by atoms with E-state index >= 15 is 0 Å². The summed E-state index contributed by atoms with van der Waals surface area (Å²) in [5.74, 6) is -2.37. The Bertz CT molecular complexity index is 869. The average Bonchev–Trinajstić information content (AvgIpc) is 3.14. The molecule has 9 heteroatoms. The van der Waals surface area contributed by atoms with Gasteiger partial charge in [-0.2, -0.15) is 0 Å². The largest absolute Gasteiger partial charge is 0.480 e. The Balaban J connectivity index is 3.82. The first-order chi connectivity index (χ1) is 25.8. The first-order valence-corrected chi connectivity index (χ1v) is 22.4. The van der Waals surface area contributed by atoms with E-state index in [-0.39, 0.29) is 30.9 Å². The van der Waals surface area contributed by atoms with Crippen LogP contribution in [0.2, 0.25) is 0 Å². The molecule has 0 saturated carbocycles. The highest BCUT2D eigenvalue weighted by Gasteiger charge is 2.19. The summed E-state index contributed by atoms with van der Waals surface area (Å²) in [6.07, 6.45) is 40.4. The lowest BCUT2D eigenvalue weighted by Crippen LogP contribution is -2.47. The number of hydrogen-bond donors (Lipinski definition) is 4. The van der Waals surface area contributed by atoms with Crippen LogP contribution in [0.25, 0.3) is 0 Å². The summed E-state index contributed by atoms with van der Waals surface area (Å²) in [6, 6.07) is -1.39. The van der Waals surface area contributed by atoms with Crippen molar-refractivity contribution in [3.8, 4) is 0 Å². The molecule has 0 rings (SSSR count). The molecule has 0 aliphatic heterocycles. The van der Waals surface area contributed by atoms with Gasteiger partial charge in [0.2, 0.25) is 11.8 Å². The molecule has 0 bridgehead atoms. The van der Waals surface area contributed by atoms with E-state index < -0.39 is 24.5 Å². The lowest BCUT2D eigenvalue weighted by atomic mass is 10.0. The number of amides is 2. The molecule has 0 spiro atoms. The fraction of sp³-hybridized carbons (Fsp3) is 0.909. The third kappa shape index (κ3) is 36.6. The summed E-state index contributed by atoms with van der Waals surface area (Å²) in [5.41, 5.74) is 0. The Morgan fingerprint density at radius 2 is 0.849 bits per heavy atom. The molecule has 4 N–H and O–H groups in total. The van der Waals surface area contributed by atoms with Crippen LogP contribution in [-0.2, 0) is 23.9 Å². The van der Waals surface area contributed by atoms with Gasteiger partial charge in [-0.1, -0.05) is 181 Å². The number of aliphatic carboxylic acids is 1. The Hall–Kier alpha value is -2.16. The first kappa shape index (κ1) is 50.8. The number of ether oxygens (including phenoxy) is 1. The van der Waals surface area contributed by atoms with Crippen LogP contribution in [0, 0.1) is 0 Å². The third-order valence-corrected chi connectivity index (χ3v) is 10.4. The van der Waals surface area contributed by atoms with Crippen molar-refractivity contribution in [2.24, 2.45) is 0 Å². The predicted molar refractivity (Wildman–Crippen MR) is 218 cm³/mol. The first-order valence-electron chi connectivity index (χ1n) is 22.4. The second-order valence-corrected chi connectivity index (χ2v) is 15.5. The van der Waals surface area contributed by atoms with Gasteiger partial charge < -0.3 is 25.6 Å². The maximum atomic E-state index is 12.6. The van der Waals surface area contributed by atoms with Crippen molar-refractivity contribution in [2.45, 2.75) is 244 Å². The normalized spacial score (nSPS) is 12.4. The number of rotatable bonds is 41. The fourth-order valence-corrected chi connectivity index (χ4v) is 6.89. The van der Waals surface area contributed by atoms with Gasteiger partial charge in [-0.15, -0.1) is 0 Å². The Labute approximate surface area is 325 Å². The van der Waals surface area contributed by atoms with E-state index in [0.717, 1.165) is 57.8 Å². The van der Waals surface area contributed by atoms with Crippen LogP contribution < -0.4 is 10.6 Å². The van der Waals surface area contributed by atoms with Crippen LogP contribution in [0.3, 0.4) is 0 Å². The SMILES string of the molecule is CCCCCCCCCCCCCCCCCCCCCCCCCC(=O)OC(CCCCCC)CCCCCC(=O)NCC(=O)NC(CO)C(=O)O. The number of unbranched alkanes of at least 4 members (excludes halogenated alkanes) is 27. The summed E-state index contributed by atoms with van der Waals surface area (Å²) >= 11 is 0. The molecular weight excluding hydrogens is 668 g/mol. The highest BCUT2D eigenvalue weighted by molar-refractivity contribution is 5.87. The number of aliphatic hydroxyl groups is 1. The maximum absolute atomic E-state index is 12.6. The zero-order valence-corrected chi connectivity index (χ0v) is 34.5. The van der Waals surface area contributed by atoms with Crippen LogP contribution in [-0.4, -0.2) is 59.3 Å². The van der Waals surface area contributed by atoms with Crippen LogP contribution in [0.1, 0.15) is 232 Å². The molecule has 2 unspecified atom stereocenters. The molecule has 9 nitrogen and oxygen atoms in total. The second kappa shape index (κ2) is 39.5. The van der Waals surface area contributed by atoms with Gasteiger partial charge in [0.25, 0.3) is 0 Å². The molecule has 0 heterocycles. The predicted octanol–water partition coefficient (Wildman–Crippen LogP) is 10.9. The lowest BCUT2D eigenvalue weighted by molar-refractivity contribution is -0.150. The van der Waals surface area contributed by atoms with Crippen LogP contribution in [0.4, 0.5) is 0 Å². The van der Waals surface area contributed by atoms with Crippen molar-refractivity contribution in [3.05, 3.63) is 0 Å². The number of hydrogen-bond acceptors (Lipinski definition) is 6. The molecular formula is C44H84N2O7. The van der Waals surface area contributed by atoms with Gasteiger partial charge >= 0.3 is 11.9 Å². The highest BCUT2D eigenvalue weighted by atomic mass is 16.5. The molecule has 312 valence electrons. The lowest BCUT2D eigenvalue weighted by Gasteiger charge is -2.18. The van der Waals surface area contributed by atoms with Gasteiger partial charge in [0.05, 0.1) is 13.2 Å². The van der Waals surface area contributed by atoms with Gasteiger partial charge in [0.1, 0.15) is 12.1 Å². The Morgan fingerprint density at radius 3 is 1.25 bits per heavy atom. The van der Waals surface area contributed by atoms with E-state index in [1.165, 1.54) is 141 Å². The minimum Gasteiger partial charge on any atom is -0.480 e. The smallest absolute Gasteiger partial charge is 0.328 e. The van der Waals surface area contributed by atoms with Crippen molar-refractivity contribution < 1.29 is 34.1 Å². The van der Waals surface area contributed by atoms with E-state index in [1.54, 1.807) is 0 Å². The van der Waals surface area contributed by atoms with Crippen molar-refractivity contribution >= 4 is 23.8 Å². The van der Waals surface area contributed by atoms with E-state index in [0.29, 0.717) is 12.8 Å². The van der Waals surface area contributed by atoms with E-state index in [2.05, 4.69) is 24.5 Å². The molecule has 0 radical (unpaired) electrons. The highest BCUT2D eigenvalue weighted by Crippen LogP contribution is 2.18. The topological polar surface area (TPSA) is 142 Å². The molecule has 2 atom stereocenters. The molecule has 2 amide bonds. The maximum Gasteiger partial charge on any atom is 0.328 e. The van der Waals surface area contributed by atoms with Gasteiger partial charge in [0.15, 0.2) is 0 Å². The van der Waals surface area contributed by atoms with Crippen molar-refractivity contribution in [1.29, 1.82) is 0 Å². The zero-order valence-electron chi connectivity index (χ0n) is 34.5. The number of nitrogens with one attached hydrogen (secondary N) is 2. The second-order valence-electron chi connectivity index (χ2n) is 15.5. The standard InChI is InChI=1S/C44H84N2O7/c1-3-5-7-9-10-11-12-13-14-15-16-17-18-19-20-21-22-23-24-25-26-27-32-36-43(50)53-39(33-29-8-6-4-2)34-30-28-31-35-41(48)45-37-42(49)46-40(38-47)44(51)52/h39-40,47H,3-38H2,1-2H3,(H,45,48)(H,46,49)(H,51,52). The molecule has 0 fully saturated rings. The number of carboxylic acid groups (broad SMARTS) is 1. The molecule has 0 aliphatic carbocycles. The fourth-order valence-electron chi connectivity index (χ4n) is 6.89. The van der Waals surface area contributed by atoms with Crippen molar-refractivity contribution in [2.75, 3.05) is 13.2 Å². The van der Waals surface area contributed by atoms with Crippen LogP contribution in [0.15, 0.2) is 0 Å². The average molecular weight is 753 g/mol. The van der Waals surface area contributed by atoms with Crippen molar-refractivity contribution in [3.63, 3.8) is 0 Å². The summed E-state index contributed by atoms with van der Waals surface area (Å²) < 4.78 is 5.91. The molecule has 0 aromatic heterocycles. The Kier molecular flexibility index (Phi) is 37.9. The molecule has 0 aliphatic rings. The van der Waals surface area contributed by atoms with Crippen LogP contribution >= 0.6 is 0 Å². The summed E-state index contributed by atoms with van der Waals surface area (Å²) in [5, 5.41) is 22.5. The minimum absolute atomic E-state index is 0.0740. The van der Waals surface area contributed by atoms with E-state index in [4.69, 9.17) is 14.9 Å². The Morgan fingerprint density at radius 1 is 0.491 bits per heavy atom. The quantitative estimate of drug-likeness (QED) is 0.0360.